The minimum absolute atomic E-state index is 0.136. The summed E-state index contributed by atoms with van der Waals surface area (Å²) in [6.45, 7) is 2.09. The molecule has 4 rings (SSSR count). The normalized spacial score (nSPS) is 14.3. The number of aliphatic hydroxyl groups excluding tert-OH is 1. The van der Waals surface area contributed by atoms with Gasteiger partial charge in [0.1, 0.15) is 22.4 Å². The Balaban J connectivity index is 1.67. The van der Waals surface area contributed by atoms with Gasteiger partial charge in [-0.1, -0.05) is 30.3 Å². The van der Waals surface area contributed by atoms with Gasteiger partial charge in [0.05, 0.1) is 17.8 Å². The summed E-state index contributed by atoms with van der Waals surface area (Å²) in [6.07, 6.45) is 0. The lowest BCUT2D eigenvalue weighted by Crippen LogP contribution is -2.26. The average molecular weight is 363 g/mol. The van der Waals surface area contributed by atoms with Crippen LogP contribution in [0.25, 0.3) is 16.8 Å². The first-order valence-corrected chi connectivity index (χ1v) is 9.02. The van der Waals surface area contributed by atoms with Gasteiger partial charge in [0.15, 0.2) is 0 Å². The molecule has 1 aromatic heterocycles. The van der Waals surface area contributed by atoms with Gasteiger partial charge in [-0.3, -0.25) is 5.41 Å². The summed E-state index contributed by atoms with van der Waals surface area (Å²) in [6, 6.07) is 14.8. The van der Waals surface area contributed by atoms with E-state index >= 15 is 0 Å². The minimum atomic E-state index is 0.136. The molecule has 0 fully saturated rings. The molecule has 3 N–H and O–H groups in total. The van der Waals surface area contributed by atoms with E-state index in [1.807, 2.05) is 42.6 Å². The van der Waals surface area contributed by atoms with Gasteiger partial charge in [0, 0.05) is 16.6 Å². The highest BCUT2D eigenvalue weighted by Crippen LogP contribution is 2.36. The van der Waals surface area contributed by atoms with Crippen molar-refractivity contribution in [2.24, 2.45) is 0 Å². The number of phenols is 1. The molecular weight excluding hydrogens is 346 g/mol. The van der Waals surface area contributed by atoms with Gasteiger partial charge in [0.2, 0.25) is 0 Å². The standard InChI is InChI=1S/C20H17N3O2S/c1-12-9-14(24)7-8-16(12)23-10-17(25)18(19(23)21)20-22-15(11-26-20)13-5-3-2-4-6-13/h2-9,11,21,24-25H,10H2,1H3. The molecule has 0 amide bonds. The molecule has 2 aromatic carbocycles. The SMILES string of the molecule is Cc1cc(O)ccc1N1CC(O)=C(c2nc(-c3ccccc3)cs2)C1=N. The van der Waals surface area contributed by atoms with Gasteiger partial charge >= 0.3 is 0 Å². The molecule has 0 unspecified atom stereocenters. The number of aromatic nitrogens is 1. The molecule has 0 saturated heterocycles. The van der Waals surface area contributed by atoms with E-state index in [2.05, 4.69) is 4.98 Å². The number of hydrogen-bond acceptors (Lipinski definition) is 5. The molecule has 0 saturated carbocycles. The number of nitrogens with zero attached hydrogens (tertiary/aromatic N) is 2. The Morgan fingerprint density at radius 2 is 1.88 bits per heavy atom. The lowest BCUT2D eigenvalue weighted by atomic mass is 10.1. The fourth-order valence-corrected chi connectivity index (χ4v) is 3.98. The first kappa shape index (κ1) is 16.4. The number of thiazole rings is 1. The van der Waals surface area contributed by atoms with Crippen molar-refractivity contribution in [2.75, 3.05) is 11.4 Å². The zero-order valence-electron chi connectivity index (χ0n) is 14.1. The number of rotatable bonds is 3. The van der Waals surface area contributed by atoms with Gasteiger partial charge in [-0.05, 0) is 30.7 Å². The molecule has 0 spiro atoms. The number of nitrogens with one attached hydrogen (secondary N) is 1. The number of phenolic OH excluding ortho intramolecular Hbond substituents is 1. The fourth-order valence-electron chi connectivity index (χ4n) is 3.08. The van der Waals surface area contributed by atoms with Crippen molar-refractivity contribution in [3.05, 3.63) is 70.2 Å². The first-order chi connectivity index (χ1) is 12.5. The molecule has 0 radical (unpaired) electrons. The molecule has 0 aliphatic carbocycles. The Kier molecular flexibility index (Phi) is 3.97. The lowest BCUT2D eigenvalue weighted by molar-refractivity contribution is 0.411. The Labute approximate surface area is 155 Å². The van der Waals surface area contributed by atoms with Crippen molar-refractivity contribution >= 4 is 28.4 Å². The van der Waals surface area contributed by atoms with Crippen LogP contribution in [0.2, 0.25) is 0 Å². The van der Waals surface area contributed by atoms with Gasteiger partial charge in [-0.2, -0.15) is 0 Å². The third-order valence-electron chi connectivity index (χ3n) is 4.36. The third-order valence-corrected chi connectivity index (χ3v) is 5.22. The summed E-state index contributed by atoms with van der Waals surface area (Å²) < 4.78 is 0. The molecule has 0 bridgehead atoms. The Morgan fingerprint density at radius 3 is 2.62 bits per heavy atom. The largest absolute Gasteiger partial charge is 0.510 e. The van der Waals surface area contributed by atoms with Gasteiger partial charge in [0.25, 0.3) is 0 Å². The molecule has 3 aromatic rings. The summed E-state index contributed by atoms with van der Waals surface area (Å²) in [5, 5.41) is 31.2. The van der Waals surface area contributed by atoms with E-state index < -0.39 is 0 Å². The van der Waals surface area contributed by atoms with Crippen LogP contribution in [0, 0.1) is 12.3 Å². The van der Waals surface area contributed by atoms with E-state index in [-0.39, 0.29) is 23.9 Å². The predicted octanol–water partition coefficient (Wildman–Crippen LogP) is 4.59. The van der Waals surface area contributed by atoms with Crippen molar-refractivity contribution in [1.82, 2.24) is 4.98 Å². The number of anilines is 1. The average Bonchev–Trinajstić information content (AvgIpc) is 3.21. The highest BCUT2D eigenvalue weighted by Gasteiger charge is 2.32. The minimum Gasteiger partial charge on any atom is -0.510 e. The zero-order chi connectivity index (χ0) is 18.3. The summed E-state index contributed by atoms with van der Waals surface area (Å²) in [7, 11) is 0. The summed E-state index contributed by atoms with van der Waals surface area (Å²) in [5.41, 5.74) is 3.93. The fraction of sp³-hybridized carbons (Fsp3) is 0.100. The van der Waals surface area contributed by atoms with Crippen molar-refractivity contribution in [3.63, 3.8) is 0 Å². The second-order valence-corrected chi connectivity index (χ2v) is 6.99. The van der Waals surface area contributed by atoms with E-state index in [0.717, 1.165) is 22.5 Å². The van der Waals surface area contributed by atoms with Crippen molar-refractivity contribution in [1.29, 1.82) is 5.41 Å². The van der Waals surface area contributed by atoms with Crippen LogP contribution in [0.15, 0.2) is 59.7 Å². The number of hydrogen-bond donors (Lipinski definition) is 3. The zero-order valence-corrected chi connectivity index (χ0v) is 14.9. The van der Waals surface area contributed by atoms with Gasteiger partial charge in [-0.25, -0.2) is 4.98 Å². The number of benzene rings is 2. The maximum Gasteiger partial charge on any atom is 0.139 e. The van der Waals surface area contributed by atoms with Gasteiger partial charge in [-0.15, -0.1) is 11.3 Å². The maximum absolute atomic E-state index is 10.5. The molecule has 26 heavy (non-hydrogen) atoms. The van der Waals surface area contributed by atoms with Crippen molar-refractivity contribution < 1.29 is 10.2 Å². The van der Waals surface area contributed by atoms with Crippen molar-refractivity contribution in [2.45, 2.75) is 6.92 Å². The van der Waals surface area contributed by atoms with E-state index in [1.54, 1.807) is 23.1 Å². The van der Waals surface area contributed by atoms with Gasteiger partial charge < -0.3 is 15.1 Å². The smallest absolute Gasteiger partial charge is 0.139 e. The van der Waals surface area contributed by atoms with E-state index in [4.69, 9.17) is 5.41 Å². The summed E-state index contributed by atoms with van der Waals surface area (Å²) >= 11 is 1.42. The first-order valence-electron chi connectivity index (χ1n) is 8.14. The number of aromatic hydroxyl groups is 1. The van der Waals surface area contributed by atoms with Crippen LogP contribution in [0.4, 0.5) is 5.69 Å². The molecule has 1 aliphatic heterocycles. The van der Waals surface area contributed by atoms with Crippen LogP contribution >= 0.6 is 11.3 Å². The highest BCUT2D eigenvalue weighted by molar-refractivity contribution is 7.11. The highest BCUT2D eigenvalue weighted by atomic mass is 32.1. The number of amidine groups is 1. The van der Waals surface area contributed by atoms with E-state index in [1.165, 1.54) is 11.3 Å². The molecule has 5 nitrogen and oxygen atoms in total. The quantitative estimate of drug-likeness (QED) is 0.636. The predicted molar refractivity (Wildman–Crippen MR) is 105 cm³/mol. The monoisotopic (exact) mass is 363 g/mol. The molecule has 6 heteroatoms. The third kappa shape index (κ3) is 2.74. The van der Waals surface area contributed by atoms with Crippen LogP contribution in [0.1, 0.15) is 10.6 Å². The number of aliphatic hydroxyl groups is 1. The van der Waals surface area contributed by atoms with Crippen molar-refractivity contribution in [3.8, 4) is 17.0 Å². The molecular formula is C20H17N3O2S. The molecule has 1 aliphatic rings. The number of aryl methyl sites for hydroxylation is 1. The second-order valence-electron chi connectivity index (χ2n) is 6.13. The topological polar surface area (TPSA) is 80.4 Å². The van der Waals surface area contributed by atoms with E-state index in [9.17, 15) is 10.2 Å². The van der Waals surface area contributed by atoms with Crippen LogP contribution in [0.3, 0.4) is 0 Å². The Bertz CT molecular complexity index is 1020. The maximum atomic E-state index is 10.5. The van der Waals surface area contributed by atoms with Crippen LogP contribution in [0.5, 0.6) is 5.75 Å². The van der Waals surface area contributed by atoms with Crippen LogP contribution < -0.4 is 4.90 Å². The second kappa shape index (κ2) is 6.31. The molecule has 2 heterocycles. The van der Waals surface area contributed by atoms with Crippen LogP contribution in [-0.4, -0.2) is 27.6 Å². The molecule has 0 atom stereocenters. The lowest BCUT2D eigenvalue weighted by Gasteiger charge is -2.20. The Hall–Kier alpha value is -3.12. The summed E-state index contributed by atoms with van der Waals surface area (Å²) in [4.78, 5) is 6.35. The van der Waals surface area contributed by atoms with E-state index in [0.29, 0.717) is 10.6 Å². The Morgan fingerprint density at radius 1 is 1.12 bits per heavy atom. The summed E-state index contributed by atoms with van der Waals surface area (Å²) in [5.74, 6) is 0.531. The van der Waals surface area contributed by atoms with Crippen LogP contribution in [-0.2, 0) is 0 Å². The molecule has 130 valence electrons.